The number of hydrogen-bond donors (Lipinski definition) is 2. The lowest BCUT2D eigenvalue weighted by Gasteiger charge is -2.30. The van der Waals surface area contributed by atoms with Crippen LogP contribution in [0.25, 0.3) is 0 Å². The molecule has 0 bridgehead atoms. The van der Waals surface area contributed by atoms with Crippen molar-refractivity contribution >= 4 is 15.9 Å². The monoisotopic (exact) mass is 451 g/mol. The number of benzene rings is 3. The van der Waals surface area contributed by atoms with Crippen molar-refractivity contribution in [3.05, 3.63) is 102 Å². The molecule has 2 N–H and O–H groups in total. The first-order valence-electron chi connectivity index (χ1n) is 10.4. The fourth-order valence-corrected chi connectivity index (χ4v) is 4.61. The summed E-state index contributed by atoms with van der Waals surface area (Å²) in [5.41, 5.74) is 2.80. The van der Waals surface area contributed by atoms with Crippen LogP contribution >= 0.6 is 0 Å². The van der Waals surface area contributed by atoms with Gasteiger partial charge in [0.15, 0.2) is 0 Å². The second kappa shape index (κ2) is 10.5. The standard InChI is InChI=1S/C25H29N3O3S/c1-19-14-16-22(17-15-19)32(30,31)27-24(25(29)28(2)3)23(21-12-8-5-9-13-21)26-18-20-10-6-4-7-11-20/h4-17,23-24,26-27H,18H2,1-3H3/t23-,24+/m0/s1. The van der Waals surface area contributed by atoms with Crippen molar-refractivity contribution in [1.29, 1.82) is 0 Å². The molecule has 0 fully saturated rings. The lowest BCUT2D eigenvalue weighted by Crippen LogP contribution is -2.52. The highest BCUT2D eigenvalue weighted by Gasteiger charge is 2.34. The Hall–Kier alpha value is -3.00. The second-order valence-electron chi connectivity index (χ2n) is 7.90. The molecule has 7 heteroatoms. The quantitative estimate of drug-likeness (QED) is 0.523. The summed E-state index contributed by atoms with van der Waals surface area (Å²) >= 11 is 0. The van der Waals surface area contributed by atoms with Crippen molar-refractivity contribution in [2.75, 3.05) is 14.1 Å². The van der Waals surface area contributed by atoms with E-state index >= 15 is 0 Å². The molecule has 6 nitrogen and oxygen atoms in total. The van der Waals surface area contributed by atoms with Crippen molar-refractivity contribution in [2.24, 2.45) is 0 Å². The maximum absolute atomic E-state index is 13.2. The lowest BCUT2D eigenvalue weighted by atomic mass is 9.98. The highest BCUT2D eigenvalue weighted by atomic mass is 32.2. The Morgan fingerprint density at radius 1 is 0.875 bits per heavy atom. The Labute approximate surface area is 190 Å². The predicted molar refractivity (Wildman–Crippen MR) is 126 cm³/mol. The largest absolute Gasteiger partial charge is 0.347 e. The van der Waals surface area contributed by atoms with Gasteiger partial charge in [0.1, 0.15) is 6.04 Å². The number of nitrogens with one attached hydrogen (secondary N) is 2. The SMILES string of the molecule is Cc1ccc(S(=O)(=O)N[C@@H](C(=O)N(C)C)[C@@H](NCc2ccccc2)c2ccccc2)cc1. The molecule has 3 aromatic rings. The van der Waals surface area contributed by atoms with Gasteiger partial charge in [0.05, 0.1) is 10.9 Å². The first-order valence-corrected chi connectivity index (χ1v) is 11.9. The maximum Gasteiger partial charge on any atom is 0.242 e. The van der Waals surface area contributed by atoms with Gasteiger partial charge in [-0.15, -0.1) is 0 Å². The third-order valence-corrected chi connectivity index (χ3v) is 6.64. The number of rotatable bonds is 9. The number of aryl methyl sites for hydroxylation is 1. The van der Waals surface area contributed by atoms with Crippen molar-refractivity contribution in [1.82, 2.24) is 14.9 Å². The maximum atomic E-state index is 13.2. The average Bonchev–Trinajstić information content (AvgIpc) is 2.79. The van der Waals surface area contributed by atoms with Crippen LogP contribution in [0.2, 0.25) is 0 Å². The van der Waals surface area contributed by atoms with Gasteiger partial charge in [-0.25, -0.2) is 8.42 Å². The van der Waals surface area contributed by atoms with E-state index < -0.39 is 22.1 Å². The van der Waals surface area contributed by atoms with Crippen molar-refractivity contribution in [3.63, 3.8) is 0 Å². The Kier molecular flexibility index (Phi) is 7.80. The van der Waals surface area contributed by atoms with E-state index in [2.05, 4.69) is 10.0 Å². The van der Waals surface area contributed by atoms with E-state index in [1.807, 2.05) is 67.6 Å². The highest BCUT2D eigenvalue weighted by molar-refractivity contribution is 7.89. The molecule has 0 aromatic heterocycles. The first-order chi connectivity index (χ1) is 15.3. The molecule has 0 radical (unpaired) electrons. The summed E-state index contributed by atoms with van der Waals surface area (Å²) in [5, 5.41) is 3.40. The molecule has 0 heterocycles. The minimum absolute atomic E-state index is 0.120. The number of amides is 1. The Morgan fingerprint density at radius 2 is 1.44 bits per heavy atom. The van der Waals surface area contributed by atoms with E-state index in [-0.39, 0.29) is 10.8 Å². The molecule has 32 heavy (non-hydrogen) atoms. The van der Waals surface area contributed by atoms with Gasteiger partial charge in [0.2, 0.25) is 15.9 Å². The van der Waals surface area contributed by atoms with Crippen LogP contribution in [0.15, 0.2) is 89.8 Å². The Bertz CT molecular complexity index is 1120. The third kappa shape index (κ3) is 6.03. The van der Waals surface area contributed by atoms with Crippen LogP contribution in [0.4, 0.5) is 0 Å². The number of likely N-dealkylation sites (N-methyl/N-ethyl adjacent to an activating group) is 1. The molecule has 0 saturated carbocycles. The zero-order valence-electron chi connectivity index (χ0n) is 18.5. The molecule has 2 atom stereocenters. The summed E-state index contributed by atoms with van der Waals surface area (Å²) in [6.45, 7) is 2.37. The summed E-state index contributed by atoms with van der Waals surface area (Å²) < 4.78 is 29.0. The third-order valence-electron chi connectivity index (χ3n) is 5.18. The van der Waals surface area contributed by atoms with Gasteiger partial charge in [0, 0.05) is 20.6 Å². The van der Waals surface area contributed by atoms with Crippen LogP contribution in [0.5, 0.6) is 0 Å². The van der Waals surface area contributed by atoms with Crippen molar-refractivity contribution in [3.8, 4) is 0 Å². The summed E-state index contributed by atoms with van der Waals surface area (Å²) in [5.74, 6) is -0.338. The van der Waals surface area contributed by atoms with Crippen LogP contribution in [-0.4, -0.2) is 39.4 Å². The van der Waals surface area contributed by atoms with Crippen molar-refractivity contribution in [2.45, 2.75) is 30.4 Å². The molecule has 0 saturated heterocycles. The van der Waals surface area contributed by atoms with E-state index in [1.54, 1.807) is 38.4 Å². The van der Waals surface area contributed by atoms with Gasteiger partial charge in [-0.2, -0.15) is 4.72 Å². The van der Waals surface area contributed by atoms with E-state index in [4.69, 9.17) is 0 Å². The number of hydrogen-bond acceptors (Lipinski definition) is 4. The molecule has 1 amide bonds. The van der Waals surface area contributed by atoms with Gasteiger partial charge in [0.25, 0.3) is 0 Å². The summed E-state index contributed by atoms with van der Waals surface area (Å²) in [7, 11) is -0.689. The molecule has 3 aromatic carbocycles. The van der Waals surface area contributed by atoms with Crippen LogP contribution in [0.3, 0.4) is 0 Å². The van der Waals surface area contributed by atoms with Gasteiger partial charge in [-0.1, -0.05) is 78.4 Å². The molecule has 0 unspecified atom stereocenters. The smallest absolute Gasteiger partial charge is 0.242 e. The minimum atomic E-state index is -3.93. The summed E-state index contributed by atoms with van der Waals surface area (Å²) in [6, 6.07) is 24.1. The molecule has 168 valence electrons. The Balaban J connectivity index is 1.98. The Morgan fingerprint density at radius 3 is 2.00 bits per heavy atom. The van der Waals surface area contributed by atoms with E-state index in [0.717, 1.165) is 16.7 Å². The van der Waals surface area contributed by atoms with Gasteiger partial charge < -0.3 is 10.2 Å². The molecular weight excluding hydrogens is 422 g/mol. The van der Waals surface area contributed by atoms with Crippen LogP contribution < -0.4 is 10.0 Å². The fourth-order valence-electron chi connectivity index (χ4n) is 3.40. The summed E-state index contributed by atoms with van der Waals surface area (Å²) in [6.07, 6.45) is 0. The van der Waals surface area contributed by atoms with E-state index in [0.29, 0.717) is 6.54 Å². The minimum Gasteiger partial charge on any atom is -0.347 e. The zero-order chi connectivity index (χ0) is 23.1. The van der Waals surface area contributed by atoms with Crippen LogP contribution in [0, 0.1) is 6.92 Å². The fraction of sp³-hybridized carbons (Fsp3) is 0.240. The zero-order valence-corrected chi connectivity index (χ0v) is 19.3. The first kappa shape index (κ1) is 23.7. The van der Waals surface area contributed by atoms with Crippen LogP contribution in [-0.2, 0) is 21.4 Å². The van der Waals surface area contributed by atoms with Gasteiger partial charge in [-0.05, 0) is 30.2 Å². The second-order valence-corrected chi connectivity index (χ2v) is 9.61. The topological polar surface area (TPSA) is 78.5 Å². The highest BCUT2D eigenvalue weighted by Crippen LogP contribution is 2.22. The lowest BCUT2D eigenvalue weighted by molar-refractivity contribution is -0.131. The van der Waals surface area contributed by atoms with Crippen molar-refractivity contribution < 1.29 is 13.2 Å². The molecule has 0 aliphatic heterocycles. The number of carbonyl (C=O) groups excluding carboxylic acids is 1. The molecule has 0 spiro atoms. The summed E-state index contributed by atoms with van der Waals surface area (Å²) in [4.78, 5) is 14.7. The number of nitrogens with zero attached hydrogens (tertiary/aromatic N) is 1. The number of sulfonamides is 1. The average molecular weight is 452 g/mol. The molecule has 3 rings (SSSR count). The molecule has 0 aliphatic rings. The van der Waals surface area contributed by atoms with Gasteiger partial charge in [-0.3, -0.25) is 4.79 Å². The molecular formula is C25H29N3O3S. The van der Waals surface area contributed by atoms with E-state index in [1.165, 1.54) is 4.90 Å². The predicted octanol–water partition coefficient (Wildman–Crippen LogP) is 3.26. The normalized spacial score (nSPS) is 13.3. The molecule has 0 aliphatic carbocycles. The van der Waals surface area contributed by atoms with Gasteiger partial charge >= 0.3 is 0 Å². The van der Waals surface area contributed by atoms with Crippen LogP contribution in [0.1, 0.15) is 22.7 Å². The van der Waals surface area contributed by atoms with E-state index in [9.17, 15) is 13.2 Å². The number of carbonyl (C=O) groups is 1.